The molecule has 136 valence electrons. The van der Waals surface area contributed by atoms with Gasteiger partial charge in [0.25, 0.3) is 5.91 Å². The Balaban J connectivity index is 1.74. The first-order valence-corrected chi connectivity index (χ1v) is 8.43. The minimum absolute atomic E-state index is 0.181. The molecule has 2 aromatic carbocycles. The SMILES string of the molecule is CC1(C(=O)O)CCCN1C(=O)c1cccc(COc2cccc(F)c2)c1. The predicted octanol–water partition coefficient (Wildman–Crippen LogP) is 3.48. The molecule has 1 fully saturated rings. The molecule has 1 aliphatic rings. The van der Waals surface area contributed by atoms with Gasteiger partial charge in [-0.1, -0.05) is 18.2 Å². The molecule has 1 atom stereocenters. The zero-order chi connectivity index (χ0) is 18.7. The van der Waals surface area contributed by atoms with E-state index < -0.39 is 11.5 Å². The predicted molar refractivity (Wildman–Crippen MR) is 93.5 cm³/mol. The molecule has 1 saturated heterocycles. The van der Waals surface area contributed by atoms with Crippen LogP contribution in [0.2, 0.25) is 0 Å². The van der Waals surface area contributed by atoms with E-state index in [0.29, 0.717) is 30.7 Å². The number of amides is 1. The van der Waals surface area contributed by atoms with Crippen molar-refractivity contribution >= 4 is 11.9 Å². The third kappa shape index (κ3) is 3.54. The number of hydrogen-bond donors (Lipinski definition) is 1. The second-order valence-corrected chi connectivity index (χ2v) is 6.59. The molecule has 1 N–H and O–H groups in total. The fourth-order valence-corrected chi connectivity index (χ4v) is 3.18. The van der Waals surface area contributed by atoms with Gasteiger partial charge < -0.3 is 14.7 Å². The standard InChI is InChI=1S/C20H20FNO4/c1-20(19(24)25)9-4-10-22(20)18(23)15-6-2-5-14(11-15)13-26-17-8-3-7-16(21)12-17/h2-3,5-8,11-12H,4,9-10,13H2,1H3,(H,24,25). The largest absolute Gasteiger partial charge is 0.489 e. The number of likely N-dealkylation sites (tertiary alicyclic amines) is 1. The van der Waals surface area contributed by atoms with Crippen molar-refractivity contribution in [3.63, 3.8) is 0 Å². The smallest absolute Gasteiger partial charge is 0.329 e. The summed E-state index contributed by atoms with van der Waals surface area (Å²) in [5, 5.41) is 9.48. The maximum atomic E-state index is 13.2. The van der Waals surface area contributed by atoms with E-state index in [9.17, 15) is 19.1 Å². The fourth-order valence-electron chi connectivity index (χ4n) is 3.18. The summed E-state index contributed by atoms with van der Waals surface area (Å²) in [5.74, 6) is -1.28. The molecule has 0 bridgehead atoms. The lowest BCUT2D eigenvalue weighted by atomic mass is 9.98. The van der Waals surface area contributed by atoms with Gasteiger partial charge in [-0.2, -0.15) is 0 Å². The second-order valence-electron chi connectivity index (χ2n) is 6.59. The lowest BCUT2D eigenvalue weighted by Crippen LogP contribution is -2.50. The number of hydrogen-bond acceptors (Lipinski definition) is 3. The number of nitrogens with zero attached hydrogens (tertiary/aromatic N) is 1. The molecule has 6 heteroatoms. The van der Waals surface area contributed by atoms with Crippen molar-refractivity contribution in [2.24, 2.45) is 0 Å². The van der Waals surface area contributed by atoms with Gasteiger partial charge >= 0.3 is 5.97 Å². The van der Waals surface area contributed by atoms with Gasteiger partial charge in [-0.15, -0.1) is 0 Å². The van der Waals surface area contributed by atoms with Crippen molar-refractivity contribution in [3.8, 4) is 5.75 Å². The summed E-state index contributed by atoms with van der Waals surface area (Å²) in [6.45, 7) is 2.18. The van der Waals surface area contributed by atoms with E-state index in [1.54, 1.807) is 43.3 Å². The number of aliphatic carboxylic acids is 1. The molecular formula is C20H20FNO4. The van der Waals surface area contributed by atoms with Gasteiger partial charge in [0.1, 0.15) is 23.7 Å². The van der Waals surface area contributed by atoms with Crippen LogP contribution in [0, 0.1) is 5.82 Å². The van der Waals surface area contributed by atoms with Crippen molar-refractivity contribution in [3.05, 3.63) is 65.5 Å². The first kappa shape index (κ1) is 17.9. The van der Waals surface area contributed by atoms with Crippen LogP contribution in [0.3, 0.4) is 0 Å². The van der Waals surface area contributed by atoms with Crippen LogP contribution in [-0.2, 0) is 11.4 Å². The molecule has 0 saturated carbocycles. The second kappa shape index (κ2) is 7.15. The van der Waals surface area contributed by atoms with E-state index in [4.69, 9.17) is 4.74 Å². The first-order valence-electron chi connectivity index (χ1n) is 8.43. The molecule has 0 spiro atoms. The highest BCUT2D eigenvalue weighted by atomic mass is 19.1. The Morgan fingerprint density at radius 2 is 2.00 bits per heavy atom. The highest BCUT2D eigenvalue weighted by Crippen LogP contribution is 2.31. The number of carbonyl (C=O) groups is 2. The maximum absolute atomic E-state index is 13.2. The highest BCUT2D eigenvalue weighted by Gasteiger charge is 2.46. The molecule has 5 nitrogen and oxygen atoms in total. The summed E-state index contributed by atoms with van der Waals surface area (Å²) < 4.78 is 18.7. The Bertz CT molecular complexity index is 838. The van der Waals surface area contributed by atoms with Crippen LogP contribution in [0.5, 0.6) is 5.75 Å². The van der Waals surface area contributed by atoms with Gasteiger partial charge in [-0.05, 0) is 49.6 Å². The molecular weight excluding hydrogens is 337 g/mol. The number of carboxylic acid groups (broad SMARTS) is 1. The van der Waals surface area contributed by atoms with Crippen molar-refractivity contribution in [2.45, 2.75) is 31.9 Å². The molecule has 1 aliphatic heterocycles. The van der Waals surface area contributed by atoms with Crippen LogP contribution in [-0.4, -0.2) is 34.0 Å². The lowest BCUT2D eigenvalue weighted by Gasteiger charge is -2.31. The van der Waals surface area contributed by atoms with Crippen molar-refractivity contribution < 1.29 is 23.8 Å². The minimum atomic E-state index is -1.18. The summed E-state index contributed by atoms with van der Waals surface area (Å²) in [6, 6.07) is 12.7. The van der Waals surface area contributed by atoms with E-state index >= 15 is 0 Å². The highest BCUT2D eigenvalue weighted by molar-refractivity contribution is 5.98. The Morgan fingerprint density at radius 1 is 1.23 bits per heavy atom. The van der Waals surface area contributed by atoms with Crippen molar-refractivity contribution in [2.75, 3.05) is 6.54 Å². The molecule has 1 heterocycles. The fraction of sp³-hybridized carbons (Fsp3) is 0.300. The lowest BCUT2D eigenvalue weighted by molar-refractivity contribution is -0.147. The van der Waals surface area contributed by atoms with Gasteiger partial charge in [0, 0.05) is 18.2 Å². The zero-order valence-corrected chi connectivity index (χ0v) is 14.4. The van der Waals surface area contributed by atoms with Crippen LogP contribution < -0.4 is 4.74 Å². The molecule has 26 heavy (non-hydrogen) atoms. The maximum Gasteiger partial charge on any atom is 0.329 e. The van der Waals surface area contributed by atoms with Gasteiger partial charge in [0.2, 0.25) is 0 Å². The van der Waals surface area contributed by atoms with Crippen LogP contribution in [0.15, 0.2) is 48.5 Å². The monoisotopic (exact) mass is 357 g/mol. The van der Waals surface area contributed by atoms with Crippen molar-refractivity contribution in [1.82, 2.24) is 4.90 Å². The summed E-state index contributed by atoms with van der Waals surface area (Å²) >= 11 is 0. The average molecular weight is 357 g/mol. The third-order valence-electron chi connectivity index (χ3n) is 4.72. The molecule has 0 radical (unpaired) electrons. The number of ether oxygens (including phenoxy) is 1. The minimum Gasteiger partial charge on any atom is -0.489 e. The van der Waals surface area contributed by atoms with Crippen LogP contribution >= 0.6 is 0 Å². The molecule has 3 rings (SSSR count). The van der Waals surface area contributed by atoms with Crippen LogP contribution in [0.4, 0.5) is 4.39 Å². The number of benzene rings is 2. The first-order chi connectivity index (χ1) is 12.4. The summed E-state index contributed by atoms with van der Waals surface area (Å²) in [5.41, 5.74) is -0.0124. The number of rotatable bonds is 5. The summed E-state index contributed by atoms with van der Waals surface area (Å²) in [4.78, 5) is 25.8. The summed E-state index contributed by atoms with van der Waals surface area (Å²) in [7, 11) is 0. The van der Waals surface area contributed by atoms with E-state index in [-0.39, 0.29) is 18.3 Å². The van der Waals surface area contributed by atoms with Gasteiger partial charge in [-0.3, -0.25) is 4.79 Å². The summed E-state index contributed by atoms with van der Waals surface area (Å²) in [6.07, 6.45) is 1.10. The molecule has 0 aromatic heterocycles. The van der Waals surface area contributed by atoms with Gasteiger partial charge in [0.15, 0.2) is 0 Å². The van der Waals surface area contributed by atoms with Crippen LogP contribution in [0.25, 0.3) is 0 Å². The average Bonchev–Trinajstić information content (AvgIpc) is 3.03. The van der Waals surface area contributed by atoms with Crippen molar-refractivity contribution in [1.29, 1.82) is 0 Å². The molecule has 1 amide bonds. The zero-order valence-electron chi connectivity index (χ0n) is 14.4. The third-order valence-corrected chi connectivity index (χ3v) is 4.72. The molecule has 1 unspecified atom stereocenters. The molecule has 2 aromatic rings. The number of carboxylic acids is 1. The van der Waals surface area contributed by atoms with E-state index in [1.165, 1.54) is 17.0 Å². The topological polar surface area (TPSA) is 66.8 Å². The molecule has 0 aliphatic carbocycles. The quantitative estimate of drug-likeness (QED) is 0.890. The van der Waals surface area contributed by atoms with E-state index in [0.717, 1.165) is 5.56 Å². The number of halogens is 1. The van der Waals surface area contributed by atoms with Crippen LogP contribution in [0.1, 0.15) is 35.7 Å². The van der Waals surface area contributed by atoms with E-state index in [1.807, 2.05) is 0 Å². The van der Waals surface area contributed by atoms with Gasteiger partial charge in [-0.25, -0.2) is 9.18 Å². The Kier molecular flexibility index (Phi) is 4.93. The Hall–Kier alpha value is -2.89. The normalized spacial score (nSPS) is 19.4. The Labute approximate surface area is 151 Å². The van der Waals surface area contributed by atoms with E-state index in [2.05, 4.69) is 0 Å². The Morgan fingerprint density at radius 3 is 2.73 bits per heavy atom. The van der Waals surface area contributed by atoms with Gasteiger partial charge in [0.05, 0.1) is 0 Å². The number of carbonyl (C=O) groups excluding carboxylic acids is 1.